The van der Waals surface area contributed by atoms with E-state index in [0.29, 0.717) is 28.3 Å². The second kappa shape index (κ2) is 9.49. The number of carbonyl (C=O) groups excluding carboxylic acids is 1. The van der Waals surface area contributed by atoms with Gasteiger partial charge in [0.15, 0.2) is 5.82 Å². The van der Waals surface area contributed by atoms with Crippen LogP contribution in [-0.2, 0) is 11.6 Å². The smallest absolute Gasteiger partial charge is 0.416 e. The van der Waals surface area contributed by atoms with Crippen molar-refractivity contribution in [3.8, 4) is 23.1 Å². The fourth-order valence-electron chi connectivity index (χ4n) is 3.57. The lowest BCUT2D eigenvalue weighted by Gasteiger charge is -2.19. The Morgan fingerprint density at radius 3 is 1.97 bits per heavy atom. The molecule has 0 aliphatic rings. The minimum atomic E-state index is -4.43. The molecule has 0 radical (unpaired) electrons. The molecule has 4 aromatic rings. The van der Waals surface area contributed by atoms with Crippen LogP contribution < -0.4 is 10.1 Å². The molecule has 0 aliphatic carbocycles. The molecule has 6 nitrogen and oxygen atoms in total. The first kappa shape index (κ1) is 25.0. The third-order valence-electron chi connectivity index (χ3n) is 5.62. The van der Waals surface area contributed by atoms with Crippen LogP contribution in [-0.4, -0.2) is 27.8 Å². The molecule has 1 N–H and O–H groups in total. The maximum Gasteiger partial charge on any atom is 0.416 e. The Morgan fingerprint density at radius 2 is 1.44 bits per heavy atom. The number of rotatable bonds is 5. The molecule has 0 aliphatic heterocycles. The van der Waals surface area contributed by atoms with Gasteiger partial charge in [0, 0.05) is 16.8 Å². The van der Waals surface area contributed by atoms with E-state index in [0.717, 1.165) is 17.7 Å². The van der Waals surface area contributed by atoms with E-state index < -0.39 is 11.7 Å². The van der Waals surface area contributed by atoms with Crippen LogP contribution in [0.4, 0.5) is 18.9 Å². The van der Waals surface area contributed by atoms with Crippen molar-refractivity contribution in [1.82, 2.24) is 14.8 Å². The number of alkyl halides is 3. The molecular weight excluding hydrogens is 469 g/mol. The Balaban J connectivity index is 1.55. The minimum Gasteiger partial charge on any atom is -0.466 e. The van der Waals surface area contributed by atoms with Gasteiger partial charge >= 0.3 is 12.2 Å². The van der Waals surface area contributed by atoms with Crippen LogP contribution in [0.3, 0.4) is 0 Å². The molecular formula is C27H25F3N4O2. The highest BCUT2D eigenvalue weighted by Crippen LogP contribution is 2.31. The molecule has 0 fully saturated rings. The molecule has 36 heavy (non-hydrogen) atoms. The summed E-state index contributed by atoms with van der Waals surface area (Å²) in [7, 11) is 1.41. The second-order valence-electron chi connectivity index (χ2n) is 9.24. The first-order chi connectivity index (χ1) is 17.0. The highest BCUT2D eigenvalue weighted by atomic mass is 19.4. The third kappa shape index (κ3) is 5.40. The van der Waals surface area contributed by atoms with Gasteiger partial charge in [0.05, 0.1) is 18.4 Å². The van der Waals surface area contributed by atoms with Gasteiger partial charge in [-0.1, -0.05) is 45.0 Å². The van der Waals surface area contributed by atoms with E-state index in [2.05, 4.69) is 36.2 Å². The standard InChI is InChI=1S/C27H25F3N4O2/c1-26(2,3)19-9-7-18(8-10-19)24(35)31-21-13-15-22(16-14-21)34-23(32-25(33-34)36-4)17-5-11-20(12-6-17)27(28,29)30/h5-16H,1-4H3,(H,31,35). The van der Waals surface area contributed by atoms with Crippen molar-refractivity contribution in [3.05, 3.63) is 89.5 Å². The van der Waals surface area contributed by atoms with Crippen molar-refractivity contribution in [2.45, 2.75) is 32.4 Å². The monoisotopic (exact) mass is 494 g/mol. The van der Waals surface area contributed by atoms with Gasteiger partial charge in [-0.25, -0.2) is 4.68 Å². The first-order valence-corrected chi connectivity index (χ1v) is 11.2. The number of nitrogens with zero attached hydrogens (tertiary/aromatic N) is 3. The zero-order valence-corrected chi connectivity index (χ0v) is 20.2. The summed E-state index contributed by atoms with van der Waals surface area (Å²) in [6.07, 6.45) is -4.43. The Bertz CT molecular complexity index is 1350. The van der Waals surface area contributed by atoms with E-state index in [9.17, 15) is 18.0 Å². The normalized spacial score (nSPS) is 11.9. The summed E-state index contributed by atoms with van der Waals surface area (Å²) in [5, 5.41) is 7.15. The lowest BCUT2D eigenvalue weighted by atomic mass is 9.87. The largest absolute Gasteiger partial charge is 0.466 e. The molecule has 0 unspecified atom stereocenters. The molecule has 1 aromatic heterocycles. The quantitative estimate of drug-likeness (QED) is 0.343. The van der Waals surface area contributed by atoms with Gasteiger partial charge in [-0.2, -0.15) is 18.2 Å². The number of aromatic nitrogens is 3. The van der Waals surface area contributed by atoms with E-state index in [1.807, 2.05) is 12.1 Å². The lowest BCUT2D eigenvalue weighted by molar-refractivity contribution is -0.137. The van der Waals surface area contributed by atoms with Gasteiger partial charge < -0.3 is 10.1 Å². The third-order valence-corrected chi connectivity index (χ3v) is 5.62. The number of hydrogen-bond donors (Lipinski definition) is 1. The predicted molar refractivity (Wildman–Crippen MR) is 131 cm³/mol. The lowest BCUT2D eigenvalue weighted by Crippen LogP contribution is -2.14. The van der Waals surface area contributed by atoms with Crippen LogP contribution in [0.5, 0.6) is 6.01 Å². The molecule has 0 saturated heterocycles. The van der Waals surface area contributed by atoms with Crippen LogP contribution in [0.2, 0.25) is 0 Å². The second-order valence-corrected chi connectivity index (χ2v) is 9.24. The molecule has 0 bridgehead atoms. The van der Waals surface area contributed by atoms with Gasteiger partial charge in [0.25, 0.3) is 5.91 Å². The number of amides is 1. The van der Waals surface area contributed by atoms with Gasteiger partial charge in [0.2, 0.25) is 0 Å². The summed E-state index contributed by atoms with van der Waals surface area (Å²) in [5.41, 5.74) is 2.52. The number of ether oxygens (including phenoxy) is 1. The number of carbonyl (C=O) groups is 1. The average Bonchev–Trinajstić information content (AvgIpc) is 3.28. The van der Waals surface area contributed by atoms with E-state index in [4.69, 9.17) is 4.74 Å². The van der Waals surface area contributed by atoms with Crippen LogP contribution in [0.25, 0.3) is 17.1 Å². The number of nitrogens with one attached hydrogen (secondary N) is 1. The fourth-order valence-corrected chi connectivity index (χ4v) is 3.57. The van der Waals surface area contributed by atoms with Crippen molar-refractivity contribution in [3.63, 3.8) is 0 Å². The number of methoxy groups -OCH3 is 1. The van der Waals surface area contributed by atoms with Gasteiger partial charge in [-0.15, -0.1) is 5.10 Å². The van der Waals surface area contributed by atoms with Crippen molar-refractivity contribution >= 4 is 11.6 Å². The van der Waals surface area contributed by atoms with Gasteiger partial charge in [-0.05, 0) is 59.5 Å². The van der Waals surface area contributed by atoms with E-state index in [1.165, 1.54) is 23.9 Å². The van der Waals surface area contributed by atoms with Crippen LogP contribution in [0.1, 0.15) is 42.3 Å². The summed E-state index contributed by atoms with van der Waals surface area (Å²) < 4.78 is 45.4. The van der Waals surface area contributed by atoms with Gasteiger partial charge in [-0.3, -0.25) is 4.79 Å². The summed E-state index contributed by atoms with van der Waals surface area (Å²) in [4.78, 5) is 17.0. The van der Waals surface area contributed by atoms with Crippen molar-refractivity contribution in [1.29, 1.82) is 0 Å². The predicted octanol–water partition coefficient (Wildman–Crippen LogP) is 6.51. The Kier molecular flexibility index (Phi) is 6.58. The molecule has 0 atom stereocenters. The highest BCUT2D eigenvalue weighted by molar-refractivity contribution is 6.04. The Hall–Kier alpha value is -4.14. The summed E-state index contributed by atoms with van der Waals surface area (Å²) in [6.45, 7) is 6.33. The molecule has 0 spiro atoms. The number of hydrogen-bond acceptors (Lipinski definition) is 4. The zero-order chi connectivity index (χ0) is 26.1. The van der Waals surface area contributed by atoms with E-state index in [-0.39, 0.29) is 17.3 Å². The highest BCUT2D eigenvalue weighted by Gasteiger charge is 2.30. The van der Waals surface area contributed by atoms with Crippen LogP contribution in [0.15, 0.2) is 72.8 Å². The fraction of sp³-hybridized carbons (Fsp3) is 0.222. The maximum absolute atomic E-state index is 12.9. The molecule has 4 rings (SSSR count). The zero-order valence-electron chi connectivity index (χ0n) is 20.2. The number of halogens is 3. The average molecular weight is 495 g/mol. The summed E-state index contributed by atoms with van der Waals surface area (Å²) in [5.74, 6) is 0.0763. The molecule has 0 saturated carbocycles. The minimum absolute atomic E-state index is 0.00585. The Morgan fingerprint density at radius 1 is 0.861 bits per heavy atom. The van der Waals surface area contributed by atoms with E-state index in [1.54, 1.807) is 36.4 Å². The maximum atomic E-state index is 12.9. The summed E-state index contributed by atoms with van der Waals surface area (Å²) >= 11 is 0. The van der Waals surface area contributed by atoms with E-state index >= 15 is 0 Å². The van der Waals surface area contributed by atoms with Crippen molar-refractivity contribution in [2.75, 3.05) is 12.4 Å². The van der Waals surface area contributed by atoms with Crippen molar-refractivity contribution < 1.29 is 22.7 Å². The summed E-state index contributed by atoms with van der Waals surface area (Å²) in [6, 6.07) is 19.1. The van der Waals surface area contributed by atoms with Crippen molar-refractivity contribution in [2.24, 2.45) is 0 Å². The first-order valence-electron chi connectivity index (χ1n) is 11.2. The number of benzene rings is 3. The topological polar surface area (TPSA) is 69.0 Å². The molecule has 1 heterocycles. The Labute approximate surface area is 206 Å². The van der Waals surface area contributed by atoms with Crippen LogP contribution in [0, 0.1) is 0 Å². The number of anilines is 1. The molecule has 186 valence electrons. The SMILES string of the molecule is COc1nc(-c2ccc(C(F)(F)F)cc2)n(-c2ccc(NC(=O)c3ccc(C(C)(C)C)cc3)cc2)n1. The molecule has 3 aromatic carbocycles. The molecule has 1 amide bonds. The van der Waals surface area contributed by atoms with Gasteiger partial charge in [0.1, 0.15) is 0 Å². The van der Waals surface area contributed by atoms with Crippen LogP contribution >= 0.6 is 0 Å². The molecule has 9 heteroatoms.